The molecule has 1 aromatic rings. The molecule has 1 fully saturated rings. The third-order valence-corrected chi connectivity index (χ3v) is 3.59. The Balaban J connectivity index is 1.73. The van der Waals surface area contributed by atoms with Crippen LogP contribution in [0.25, 0.3) is 0 Å². The third kappa shape index (κ3) is 1.70. The van der Waals surface area contributed by atoms with E-state index in [1.807, 2.05) is 18.2 Å². The van der Waals surface area contributed by atoms with Gasteiger partial charge in [-0.2, -0.15) is 0 Å². The van der Waals surface area contributed by atoms with Crippen molar-refractivity contribution in [2.75, 3.05) is 6.61 Å². The molecule has 3 rings (SSSR count). The Hall–Kier alpha value is -1.06. The second-order valence-electron chi connectivity index (χ2n) is 4.67. The molecule has 1 unspecified atom stereocenters. The third-order valence-electron chi connectivity index (χ3n) is 3.59. The molecule has 1 heterocycles. The minimum atomic E-state index is -0.187. The average Bonchev–Trinajstić information content (AvgIpc) is 2.88. The molecular formula is C13H17NO2. The molecule has 0 aromatic heterocycles. The Morgan fingerprint density at radius 3 is 2.94 bits per heavy atom. The molecule has 0 spiro atoms. The lowest BCUT2D eigenvalue weighted by Crippen LogP contribution is -2.38. The van der Waals surface area contributed by atoms with E-state index in [4.69, 9.17) is 4.74 Å². The van der Waals surface area contributed by atoms with Crippen molar-refractivity contribution in [2.45, 2.75) is 37.5 Å². The van der Waals surface area contributed by atoms with Crippen molar-refractivity contribution in [3.63, 3.8) is 0 Å². The van der Waals surface area contributed by atoms with E-state index in [0.717, 1.165) is 25.0 Å². The van der Waals surface area contributed by atoms with Crippen LogP contribution in [-0.2, 0) is 0 Å². The zero-order valence-corrected chi connectivity index (χ0v) is 9.23. The SMILES string of the molecule is O[C@@H]1CCC[C@H]1NC1COc2ccccc21. The van der Waals surface area contributed by atoms with Crippen LogP contribution in [0.5, 0.6) is 5.75 Å². The first-order valence-corrected chi connectivity index (χ1v) is 6.00. The summed E-state index contributed by atoms with van der Waals surface area (Å²) in [6.45, 7) is 0.683. The van der Waals surface area contributed by atoms with E-state index in [9.17, 15) is 5.11 Å². The molecule has 0 bridgehead atoms. The molecule has 1 saturated carbocycles. The molecule has 3 atom stereocenters. The highest BCUT2D eigenvalue weighted by atomic mass is 16.5. The molecule has 0 radical (unpaired) electrons. The number of para-hydroxylation sites is 1. The van der Waals surface area contributed by atoms with Gasteiger partial charge < -0.3 is 15.2 Å². The van der Waals surface area contributed by atoms with E-state index in [-0.39, 0.29) is 18.2 Å². The molecule has 86 valence electrons. The maximum Gasteiger partial charge on any atom is 0.124 e. The van der Waals surface area contributed by atoms with E-state index in [1.165, 1.54) is 5.56 Å². The molecule has 1 aliphatic carbocycles. The summed E-state index contributed by atoms with van der Waals surface area (Å²) in [7, 11) is 0. The van der Waals surface area contributed by atoms with Gasteiger partial charge in [0.2, 0.25) is 0 Å². The number of nitrogens with one attached hydrogen (secondary N) is 1. The molecule has 0 saturated heterocycles. The van der Waals surface area contributed by atoms with Crippen molar-refractivity contribution in [3.05, 3.63) is 29.8 Å². The van der Waals surface area contributed by atoms with E-state index >= 15 is 0 Å². The number of hydrogen-bond donors (Lipinski definition) is 2. The lowest BCUT2D eigenvalue weighted by molar-refractivity contribution is 0.139. The summed E-state index contributed by atoms with van der Waals surface area (Å²) in [5, 5.41) is 13.3. The summed E-state index contributed by atoms with van der Waals surface area (Å²) in [5.41, 5.74) is 1.22. The summed E-state index contributed by atoms with van der Waals surface area (Å²) in [6.07, 6.45) is 2.92. The first-order chi connectivity index (χ1) is 7.84. The van der Waals surface area contributed by atoms with Crippen LogP contribution in [0, 0.1) is 0 Å². The van der Waals surface area contributed by atoms with Gasteiger partial charge >= 0.3 is 0 Å². The lowest BCUT2D eigenvalue weighted by Gasteiger charge is -2.20. The summed E-state index contributed by atoms with van der Waals surface area (Å²) < 4.78 is 5.61. The van der Waals surface area contributed by atoms with E-state index < -0.39 is 0 Å². The Morgan fingerprint density at radius 2 is 2.12 bits per heavy atom. The molecular weight excluding hydrogens is 202 g/mol. The van der Waals surface area contributed by atoms with Crippen LogP contribution in [0.4, 0.5) is 0 Å². The topological polar surface area (TPSA) is 41.5 Å². The Bertz CT molecular complexity index is 380. The van der Waals surface area contributed by atoms with Gasteiger partial charge in [0.25, 0.3) is 0 Å². The van der Waals surface area contributed by atoms with Crippen molar-refractivity contribution in [1.82, 2.24) is 5.32 Å². The minimum absolute atomic E-state index is 0.187. The largest absolute Gasteiger partial charge is 0.491 e. The van der Waals surface area contributed by atoms with Crippen LogP contribution in [0.2, 0.25) is 0 Å². The first kappa shape index (κ1) is 10.1. The normalized spacial score (nSPS) is 32.4. The number of hydrogen-bond acceptors (Lipinski definition) is 3. The Labute approximate surface area is 95.4 Å². The van der Waals surface area contributed by atoms with Crippen LogP contribution in [0.1, 0.15) is 30.9 Å². The highest BCUT2D eigenvalue weighted by molar-refractivity contribution is 5.39. The molecule has 3 heteroatoms. The van der Waals surface area contributed by atoms with Gasteiger partial charge in [-0.25, -0.2) is 0 Å². The predicted molar refractivity (Wildman–Crippen MR) is 61.5 cm³/mol. The van der Waals surface area contributed by atoms with Gasteiger partial charge in [0, 0.05) is 11.6 Å². The zero-order chi connectivity index (χ0) is 11.0. The van der Waals surface area contributed by atoms with Crippen molar-refractivity contribution >= 4 is 0 Å². The van der Waals surface area contributed by atoms with E-state index in [2.05, 4.69) is 11.4 Å². The van der Waals surface area contributed by atoms with Gasteiger partial charge in [-0.05, 0) is 25.3 Å². The zero-order valence-electron chi connectivity index (χ0n) is 9.23. The average molecular weight is 219 g/mol. The van der Waals surface area contributed by atoms with Crippen LogP contribution in [0.15, 0.2) is 24.3 Å². The lowest BCUT2D eigenvalue weighted by atomic mass is 10.1. The predicted octanol–water partition coefficient (Wildman–Crippen LogP) is 1.62. The van der Waals surface area contributed by atoms with Gasteiger partial charge in [0.1, 0.15) is 12.4 Å². The quantitative estimate of drug-likeness (QED) is 0.794. The molecule has 2 aliphatic rings. The molecule has 0 amide bonds. The molecule has 1 aliphatic heterocycles. The smallest absolute Gasteiger partial charge is 0.124 e. The first-order valence-electron chi connectivity index (χ1n) is 6.00. The summed E-state index contributed by atoms with van der Waals surface area (Å²) in [5.74, 6) is 0.979. The fraction of sp³-hybridized carbons (Fsp3) is 0.538. The van der Waals surface area contributed by atoms with Crippen LogP contribution in [-0.4, -0.2) is 23.9 Å². The van der Waals surface area contributed by atoms with Crippen molar-refractivity contribution in [1.29, 1.82) is 0 Å². The summed E-state index contributed by atoms with van der Waals surface area (Å²) >= 11 is 0. The van der Waals surface area contributed by atoms with Gasteiger partial charge in [0.05, 0.1) is 12.1 Å². The molecule has 16 heavy (non-hydrogen) atoms. The Morgan fingerprint density at radius 1 is 1.25 bits per heavy atom. The Kier molecular flexibility index (Phi) is 2.58. The van der Waals surface area contributed by atoms with Crippen LogP contribution < -0.4 is 10.1 Å². The molecule has 3 nitrogen and oxygen atoms in total. The number of ether oxygens (including phenoxy) is 1. The number of aliphatic hydroxyl groups excluding tert-OH is 1. The van der Waals surface area contributed by atoms with Gasteiger partial charge in [0.15, 0.2) is 0 Å². The van der Waals surface area contributed by atoms with Gasteiger partial charge in [-0.3, -0.25) is 0 Å². The van der Waals surface area contributed by atoms with Crippen LogP contribution in [0.3, 0.4) is 0 Å². The fourth-order valence-corrected chi connectivity index (χ4v) is 2.69. The molecule has 1 aromatic carbocycles. The number of fused-ring (bicyclic) bond motifs is 1. The standard InChI is InChI=1S/C13H17NO2/c15-12-6-3-5-10(12)14-11-8-16-13-7-2-1-4-9(11)13/h1-2,4,7,10-12,14-15H,3,5-6,8H2/t10-,11?,12-/m1/s1. The number of benzene rings is 1. The van der Waals surface area contributed by atoms with Gasteiger partial charge in [-0.15, -0.1) is 0 Å². The van der Waals surface area contributed by atoms with Gasteiger partial charge in [-0.1, -0.05) is 18.2 Å². The second kappa shape index (κ2) is 4.07. The monoisotopic (exact) mass is 219 g/mol. The fourth-order valence-electron chi connectivity index (χ4n) is 2.69. The van der Waals surface area contributed by atoms with E-state index in [1.54, 1.807) is 0 Å². The van der Waals surface area contributed by atoms with Crippen molar-refractivity contribution < 1.29 is 9.84 Å². The minimum Gasteiger partial charge on any atom is -0.491 e. The van der Waals surface area contributed by atoms with Crippen molar-refractivity contribution in [2.24, 2.45) is 0 Å². The van der Waals surface area contributed by atoms with E-state index in [0.29, 0.717) is 6.61 Å². The number of aliphatic hydroxyl groups is 1. The highest BCUT2D eigenvalue weighted by Crippen LogP contribution is 2.33. The summed E-state index contributed by atoms with van der Waals surface area (Å²) in [4.78, 5) is 0. The molecule has 2 N–H and O–H groups in total. The number of rotatable bonds is 2. The van der Waals surface area contributed by atoms with Crippen molar-refractivity contribution in [3.8, 4) is 5.75 Å². The highest BCUT2D eigenvalue weighted by Gasteiger charge is 2.31. The second-order valence-corrected chi connectivity index (χ2v) is 4.67. The maximum absolute atomic E-state index is 9.79. The summed E-state index contributed by atoms with van der Waals surface area (Å²) in [6, 6.07) is 8.61. The van der Waals surface area contributed by atoms with Crippen LogP contribution >= 0.6 is 0 Å². The maximum atomic E-state index is 9.79.